The molecule has 0 fully saturated rings. The van der Waals surface area contributed by atoms with Crippen molar-refractivity contribution >= 4 is 28.4 Å². The number of nitrogens with zero attached hydrogens (tertiary/aromatic N) is 3. The highest BCUT2D eigenvalue weighted by atomic mass is 127. The van der Waals surface area contributed by atoms with Crippen LogP contribution in [-0.4, -0.2) is 20.8 Å². The Balaban J connectivity index is 2.29. The summed E-state index contributed by atoms with van der Waals surface area (Å²) in [7, 11) is 0. The fourth-order valence-electron chi connectivity index (χ4n) is 1.56. The van der Waals surface area contributed by atoms with Crippen LogP contribution in [0.2, 0.25) is 0 Å². The second-order valence-electron chi connectivity index (χ2n) is 4.75. The number of rotatable bonds is 6. The molecular weight excluding hydrogens is 331 g/mol. The molecule has 0 bridgehead atoms. The molecule has 0 aliphatic heterocycles. The van der Waals surface area contributed by atoms with Gasteiger partial charge in [0.15, 0.2) is 0 Å². The molecule has 1 rings (SSSR count). The molecule has 1 aromatic heterocycles. The van der Waals surface area contributed by atoms with Gasteiger partial charge >= 0.3 is 0 Å². The quantitative estimate of drug-likeness (QED) is 0.207. The monoisotopic (exact) mass is 350 g/mol. The number of hydrogen-bond donors (Lipinski definition) is 2. The van der Waals surface area contributed by atoms with Crippen molar-refractivity contribution in [3.63, 3.8) is 0 Å². The van der Waals surface area contributed by atoms with Gasteiger partial charge in [0.1, 0.15) is 5.84 Å². The number of halogens is 1. The highest BCUT2D eigenvalue weighted by molar-refractivity contribution is 14.1. The Morgan fingerprint density at radius 1 is 1.59 bits per heavy atom. The molecule has 0 saturated carbocycles. The van der Waals surface area contributed by atoms with Crippen LogP contribution in [0, 0.1) is 8.99 Å². The van der Waals surface area contributed by atoms with Gasteiger partial charge in [0.05, 0.1) is 9.77 Å². The van der Waals surface area contributed by atoms with Gasteiger partial charge in [0.25, 0.3) is 0 Å². The molecule has 3 N–H and O–H groups in total. The molecule has 0 aliphatic carbocycles. The molecule has 0 aliphatic rings. The number of aryl methyl sites for hydroxylation is 1. The lowest BCUT2D eigenvalue weighted by Crippen LogP contribution is -2.31. The number of oxime groups is 1. The van der Waals surface area contributed by atoms with Crippen LogP contribution in [0.15, 0.2) is 17.5 Å². The van der Waals surface area contributed by atoms with Crippen molar-refractivity contribution in [3.05, 3.63) is 16.0 Å². The Hall–Kier alpha value is -0.790. The molecule has 0 saturated heterocycles. The highest BCUT2D eigenvalue weighted by Crippen LogP contribution is 2.23. The summed E-state index contributed by atoms with van der Waals surface area (Å²) in [6.07, 6.45) is 6.84. The van der Waals surface area contributed by atoms with Crippen molar-refractivity contribution < 1.29 is 5.21 Å². The minimum atomic E-state index is -0.243. The van der Waals surface area contributed by atoms with Gasteiger partial charge in [0, 0.05) is 18.2 Å². The van der Waals surface area contributed by atoms with Gasteiger partial charge in [-0.15, -0.1) is 0 Å². The largest absolute Gasteiger partial charge is 0.409 e. The molecule has 96 valence electrons. The summed E-state index contributed by atoms with van der Waals surface area (Å²) in [6, 6.07) is 0. The maximum atomic E-state index is 8.66. The molecule has 0 radical (unpaired) electrons. The third kappa shape index (κ3) is 4.53. The first-order chi connectivity index (χ1) is 7.95. The summed E-state index contributed by atoms with van der Waals surface area (Å²) in [5, 5.41) is 16.0. The van der Waals surface area contributed by atoms with Crippen molar-refractivity contribution in [2.24, 2.45) is 16.3 Å². The molecule has 6 heteroatoms. The fraction of sp³-hybridized carbons (Fsp3) is 0.636. The predicted octanol–water partition coefficient (Wildman–Crippen LogP) is 2.43. The van der Waals surface area contributed by atoms with Crippen LogP contribution < -0.4 is 5.73 Å². The zero-order valence-electron chi connectivity index (χ0n) is 10.2. The summed E-state index contributed by atoms with van der Waals surface area (Å²) in [5.74, 6) is 0.297. The van der Waals surface area contributed by atoms with Crippen molar-refractivity contribution in [2.45, 2.75) is 39.7 Å². The van der Waals surface area contributed by atoms with E-state index in [0.717, 1.165) is 29.4 Å². The van der Waals surface area contributed by atoms with Crippen molar-refractivity contribution in [1.29, 1.82) is 0 Å². The van der Waals surface area contributed by atoms with E-state index < -0.39 is 0 Å². The lowest BCUT2D eigenvalue weighted by molar-refractivity contribution is 0.304. The van der Waals surface area contributed by atoms with Gasteiger partial charge in [-0.1, -0.05) is 25.4 Å². The second-order valence-corrected chi connectivity index (χ2v) is 5.99. The molecule has 1 aromatic rings. The van der Waals surface area contributed by atoms with E-state index in [-0.39, 0.29) is 5.41 Å². The van der Waals surface area contributed by atoms with Crippen LogP contribution in [0.25, 0.3) is 0 Å². The third-order valence-corrected chi connectivity index (χ3v) is 3.40. The Bertz CT molecular complexity index is 387. The summed E-state index contributed by atoms with van der Waals surface area (Å²) < 4.78 is 3.10. The van der Waals surface area contributed by atoms with Gasteiger partial charge in [-0.05, 0) is 35.4 Å². The summed E-state index contributed by atoms with van der Waals surface area (Å²) in [4.78, 5) is 0. The van der Waals surface area contributed by atoms with Gasteiger partial charge in [0.2, 0.25) is 0 Å². The summed E-state index contributed by atoms with van der Waals surface area (Å²) in [5.41, 5.74) is 5.39. The van der Waals surface area contributed by atoms with E-state index in [4.69, 9.17) is 10.9 Å². The number of hydrogen-bond acceptors (Lipinski definition) is 3. The average molecular weight is 350 g/mol. The summed E-state index contributed by atoms with van der Waals surface area (Å²) in [6.45, 7) is 4.88. The first-order valence-corrected chi connectivity index (χ1v) is 6.69. The first-order valence-electron chi connectivity index (χ1n) is 5.61. The molecule has 0 aromatic carbocycles. The normalized spacial score (nSPS) is 13.0. The van der Waals surface area contributed by atoms with Crippen molar-refractivity contribution in [2.75, 3.05) is 0 Å². The second kappa shape index (κ2) is 6.23. The fourth-order valence-corrected chi connectivity index (χ4v) is 2.01. The van der Waals surface area contributed by atoms with E-state index in [9.17, 15) is 0 Å². The van der Waals surface area contributed by atoms with Crippen LogP contribution in [0.5, 0.6) is 0 Å². The van der Waals surface area contributed by atoms with E-state index >= 15 is 0 Å². The molecule has 5 nitrogen and oxygen atoms in total. The van der Waals surface area contributed by atoms with Crippen LogP contribution in [0.1, 0.15) is 33.1 Å². The highest BCUT2D eigenvalue weighted by Gasteiger charge is 2.22. The molecule has 0 spiro atoms. The minimum Gasteiger partial charge on any atom is -0.409 e. The van der Waals surface area contributed by atoms with E-state index in [2.05, 4.69) is 32.8 Å². The van der Waals surface area contributed by atoms with Crippen molar-refractivity contribution in [3.8, 4) is 0 Å². The van der Waals surface area contributed by atoms with E-state index in [1.54, 1.807) is 0 Å². The number of aromatic nitrogens is 2. The Labute approximate surface area is 115 Å². The van der Waals surface area contributed by atoms with Gasteiger partial charge in [-0.3, -0.25) is 4.68 Å². The van der Waals surface area contributed by atoms with Gasteiger partial charge in [-0.2, -0.15) is 5.10 Å². The van der Waals surface area contributed by atoms with E-state index in [1.165, 1.54) is 0 Å². The molecule has 17 heavy (non-hydrogen) atoms. The predicted molar refractivity (Wildman–Crippen MR) is 76.0 cm³/mol. The molecule has 1 heterocycles. The third-order valence-electron chi connectivity index (χ3n) is 2.84. The molecular formula is C11H19IN4O. The van der Waals surface area contributed by atoms with Crippen LogP contribution in [0.3, 0.4) is 0 Å². The van der Waals surface area contributed by atoms with E-state index in [0.29, 0.717) is 5.84 Å². The van der Waals surface area contributed by atoms with Crippen LogP contribution in [-0.2, 0) is 6.54 Å². The maximum Gasteiger partial charge on any atom is 0.144 e. The SMILES string of the molecule is CC(C)(CCCCn1cc(I)cn1)/C(N)=N/O. The zero-order chi connectivity index (χ0) is 12.9. The topological polar surface area (TPSA) is 76.4 Å². The van der Waals surface area contributed by atoms with Crippen molar-refractivity contribution in [1.82, 2.24) is 9.78 Å². The zero-order valence-corrected chi connectivity index (χ0v) is 12.4. The molecule has 0 unspecified atom stereocenters. The molecule has 0 atom stereocenters. The number of amidine groups is 1. The smallest absolute Gasteiger partial charge is 0.144 e. The Morgan fingerprint density at radius 2 is 2.29 bits per heavy atom. The maximum absolute atomic E-state index is 8.66. The number of nitrogens with two attached hydrogens (primary N) is 1. The first kappa shape index (κ1) is 14.3. The number of unbranched alkanes of at least 4 members (excludes halogenated alkanes) is 1. The van der Waals surface area contributed by atoms with Gasteiger partial charge in [-0.25, -0.2) is 0 Å². The minimum absolute atomic E-state index is 0.243. The van der Waals surface area contributed by atoms with Crippen LogP contribution in [0.4, 0.5) is 0 Å². The van der Waals surface area contributed by atoms with Gasteiger partial charge < -0.3 is 10.9 Å². The standard InChI is InChI=1S/C11H19IN4O/c1-11(2,10(13)15-17)5-3-4-6-16-8-9(12)7-14-16/h7-8,17H,3-6H2,1-2H3,(H2,13,15). The summed E-state index contributed by atoms with van der Waals surface area (Å²) >= 11 is 2.24. The van der Waals surface area contributed by atoms with E-state index in [1.807, 2.05) is 30.9 Å². The lowest BCUT2D eigenvalue weighted by Gasteiger charge is -2.22. The van der Waals surface area contributed by atoms with Crippen LogP contribution >= 0.6 is 22.6 Å². The molecule has 0 amide bonds. The average Bonchev–Trinajstić information content (AvgIpc) is 2.69. The Kier molecular flexibility index (Phi) is 5.23. The lowest BCUT2D eigenvalue weighted by atomic mass is 9.86. The Morgan fingerprint density at radius 3 is 2.82 bits per heavy atom.